The fraction of sp³-hybridized carbons (Fsp3) is 0.533. The summed E-state index contributed by atoms with van der Waals surface area (Å²) in [5.74, 6) is 0.285. The maximum absolute atomic E-state index is 11.0. The van der Waals surface area contributed by atoms with Gasteiger partial charge in [-0.3, -0.25) is 4.79 Å². The average Bonchev–Trinajstić information content (AvgIpc) is 2.46. The van der Waals surface area contributed by atoms with Gasteiger partial charge in [-0.2, -0.15) is 0 Å². The topological polar surface area (TPSA) is 72.5 Å². The molecule has 1 atom stereocenters. The number of nitrogens with two attached hydrogens (primary N) is 1. The van der Waals surface area contributed by atoms with Crippen LogP contribution in [0.25, 0.3) is 0 Å². The highest BCUT2D eigenvalue weighted by atomic mass is 16.5. The number of hydrogen-bond donors (Lipinski definition) is 2. The first-order valence-corrected chi connectivity index (χ1v) is 6.74. The third-order valence-corrected chi connectivity index (χ3v) is 4.13. The van der Waals surface area contributed by atoms with E-state index in [-0.39, 0.29) is 12.0 Å². The van der Waals surface area contributed by atoms with Crippen molar-refractivity contribution < 1.29 is 14.6 Å². The standard InChI is InChI=1S/C15H21NO3/c1-19-13-5-3-2-4-12(13)14(16)10-6-8-11(9-7-10)15(17)18/h2-5,10-11,14H,6-9,16H2,1H3,(H,17,18). The van der Waals surface area contributed by atoms with Crippen LogP contribution in [0.1, 0.15) is 37.3 Å². The lowest BCUT2D eigenvalue weighted by molar-refractivity contribution is -0.143. The van der Waals surface area contributed by atoms with Gasteiger partial charge in [0.2, 0.25) is 0 Å². The van der Waals surface area contributed by atoms with E-state index in [0.717, 1.165) is 37.0 Å². The average molecular weight is 263 g/mol. The lowest BCUT2D eigenvalue weighted by Gasteiger charge is -2.31. The van der Waals surface area contributed by atoms with Gasteiger partial charge in [0.25, 0.3) is 0 Å². The first-order valence-electron chi connectivity index (χ1n) is 6.74. The number of rotatable bonds is 4. The van der Waals surface area contributed by atoms with Crippen molar-refractivity contribution in [3.63, 3.8) is 0 Å². The van der Waals surface area contributed by atoms with Gasteiger partial charge in [-0.25, -0.2) is 0 Å². The molecule has 19 heavy (non-hydrogen) atoms. The van der Waals surface area contributed by atoms with E-state index in [0.29, 0.717) is 5.92 Å². The third-order valence-electron chi connectivity index (χ3n) is 4.13. The molecule has 0 amide bonds. The molecule has 0 bridgehead atoms. The van der Waals surface area contributed by atoms with Crippen LogP contribution in [0, 0.1) is 11.8 Å². The van der Waals surface area contributed by atoms with Crippen molar-refractivity contribution >= 4 is 5.97 Å². The lowest BCUT2D eigenvalue weighted by atomic mass is 9.77. The minimum absolute atomic E-state index is 0.0779. The van der Waals surface area contributed by atoms with E-state index in [4.69, 9.17) is 15.6 Å². The molecule has 4 heteroatoms. The summed E-state index contributed by atoms with van der Waals surface area (Å²) in [4.78, 5) is 11.0. The van der Waals surface area contributed by atoms with Crippen LogP contribution in [0.5, 0.6) is 5.75 Å². The predicted molar refractivity (Wildman–Crippen MR) is 73.0 cm³/mol. The van der Waals surface area contributed by atoms with Crippen LogP contribution in [-0.4, -0.2) is 18.2 Å². The first-order chi connectivity index (χ1) is 9.13. The molecule has 104 valence electrons. The number of hydrogen-bond acceptors (Lipinski definition) is 3. The Bertz CT molecular complexity index is 439. The van der Waals surface area contributed by atoms with E-state index in [1.165, 1.54) is 0 Å². The fourth-order valence-corrected chi connectivity index (χ4v) is 2.92. The van der Waals surface area contributed by atoms with Crippen molar-refractivity contribution in [1.29, 1.82) is 0 Å². The van der Waals surface area contributed by atoms with Crippen molar-refractivity contribution in [3.8, 4) is 5.75 Å². The van der Waals surface area contributed by atoms with Crippen LogP contribution < -0.4 is 10.5 Å². The van der Waals surface area contributed by atoms with E-state index in [1.807, 2.05) is 24.3 Å². The maximum Gasteiger partial charge on any atom is 0.306 e. The summed E-state index contributed by atoms with van der Waals surface area (Å²) in [5, 5.41) is 9.01. The Kier molecular flexibility index (Phi) is 4.43. The van der Waals surface area contributed by atoms with Gasteiger partial charge in [-0.15, -0.1) is 0 Å². The number of carboxylic acids is 1. The number of aliphatic carboxylic acids is 1. The van der Waals surface area contributed by atoms with E-state index < -0.39 is 5.97 Å². The minimum atomic E-state index is -0.677. The zero-order valence-electron chi connectivity index (χ0n) is 11.2. The van der Waals surface area contributed by atoms with Crippen LogP contribution in [0.3, 0.4) is 0 Å². The second-order valence-corrected chi connectivity index (χ2v) is 5.22. The highest BCUT2D eigenvalue weighted by Crippen LogP contribution is 2.38. The summed E-state index contributed by atoms with van der Waals surface area (Å²) in [6, 6.07) is 7.72. The summed E-state index contributed by atoms with van der Waals surface area (Å²) in [6.07, 6.45) is 3.19. The summed E-state index contributed by atoms with van der Waals surface area (Å²) in [6.45, 7) is 0. The highest BCUT2D eigenvalue weighted by Gasteiger charge is 2.30. The monoisotopic (exact) mass is 263 g/mol. The molecule has 1 fully saturated rings. The number of para-hydroxylation sites is 1. The normalized spacial score (nSPS) is 24.7. The second kappa shape index (κ2) is 6.06. The Balaban J connectivity index is 2.05. The molecular weight excluding hydrogens is 242 g/mol. The maximum atomic E-state index is 11.0. The molecule has 0 spiro atoms. The van der Waals surface area contributed by atoms with Crippen LogP contribution >= 0.6 is 0 Å². The second-order valence-electron chi connectivity index (χ2n) is 5.22. The van der Waals surface area contributed by atoms with Gasteiger partial charge in [-0.1, -0.05) is 18.2 Å². The molecule has 4 nitrogen and oxygen atoms in total. The molecule has 0 heterocycles. The summed E-state index contributed by atoms with van der Waals surface area (Å²) in [7, 11) is 1.65. The number of carbonyl (C=O) groups is 1. The SMILES string of the molecule is COc1ccccc1C(N)C1CCC(C(=O)O)CC1. The molecule has 1 saturated carbocycles. The van der Waals surface area contributed by atoms with Crippen molar-refractivity contribution in [2.24, 2.45) is 17.6 Å². The molecule has 1 unspecified atom stereocenters. The van der Waals surface area contributed by atoms with Crippen LogP contribution in [0.4, 0.5) is 0 Å². The van der Waals surface area contributed by atoms with Gasteiger partial charge >= 0.3 is 5.97 Å². The fourth-order valence-electron chi connectivity index (χ4n) is 2.92. The summed E-state index contributed by atoms with van der Waals surface area (Å²) < 4.78 is 5.34. The number of carboxylic acid groups (broad SMARTS) is 1. The van der Waals surface area contributed by atoms with Crippen LogP contribution in [0.15, 0.2) is 24.3 Å². The Hall–Kier alpha value is -1.55. The number of ether oxygens (including phenoxy) is 1. The highest BCUT2D eigenvalue weighted by molar-refractivity contribution is 5.70. The van der Waals surface area contributed by atoms with Gasteiger partial charge in [0, 0.05) is 11.6 Å². The molecule has 2 rings (SSSR count). The van der Waals surface area contributed by atoms with Crippen molar-refractivity contribution in [2.45, 2.75) is 31.7 Å². The van der Waals surface area contributed by atoms with Gasteiger partial charge in [-0.05, 0) is 37.7 Å². The minimum Gasteiger partial charge on any atom is -0.496 e. The molecule has 0 aliphatic heterocycles. The zero-order chi connectivity index (χ0) is 13.8. The van der Waals surface area contributed by atoms with E-state index in [2.05, 4.69) is 0 Å². The molecule has 0 aromatic heterocycles. The molecule has 0 saturated heterocycles. The largest absolute Gasteiger partial charge is 0.496 e. The van der Waals surface area contributed by atoms with Gasteiger partial charge < -0.3 is 15.6 Å². The van der Waals surface area contributed by atoms with Crippen LogP contribution in [-0.2, 0) is 4.79 Å². The van der Waals surface area contributed by atoms with E-state index in [1.54, 1.807) is 7.11 Å². The molecule has 1 aliphatic rings. The van der Waals surface area contributed by atoms with Crippen molar-refractivity contribution in [3.05, 3.63) is 29.8 Å². The summed E-state index contributed by atoms with van der Waals surface area (Å²) >= 11 is 0. The van der Waals surface area contributed by atoms with Crippen molar-refractivity contribution in [1.82, 2.24) is 0 Å². The smallest absolute Gasteiger partial charge is 0.306 e. The molecule has 1 aromatic rings. The van der Waals surface area contributed by atoms with E-state index in [9.17, 15) is 4.79 Å². The molecule has 0 radical (unpaired) electrons. The zero-order valence-corrected chi connectivity index (χ0v) is 11.2. The van der Waals surface area contributed by atoms with E-state index >= 15 is 0 Å². The Morgan fingerprint density at radius 2 is 1.95 bits per heavy atom. The molecular formula is C15H21NO3. The molecule has 3 N–H and O–H groups in total. The molecule has 1 aromatic carbocycles. The Labute approximate surface area is 113 Å². The van der Waals surface area contributed by atoms with Gasteiger partial charge in [0.1, 0.15) is 5.75 Å². The van der Waals surface area contributed by atoms with Crippen molar-refractivity contribution in [2.75, 3.05) is 7.11 Å². The number of benzene rings is 1. The Morgan fingerprint density at radius 3 is 2.53 bits per heavy atom. The van der Waals surface area contributed by atoms with Crippen LogP contribution in [0.2, 0.25) is 0 Å². The summed E-state index contributed by atoms with van der Waals surface area (Å²) in [5.41, 5.74) is 7.36. The van der Waals surface area contributed by atoms with Gasteiger partial charge in [0.15, 0.2) is 0 Å². The Morgan fingerprint density at radius 1 is 1.32 bits per heavy atom. The third kappa shape index (κ3) is 3.07. The van der Waals surface area contributed by atoms with Gasteiger partial charge in [0.05, 0.1) is 13.0 Å². The lowest BCUT2D eigenvalue weighted by Crippen LogP contribution is -2.28. The molecule has 1 aliphatic carbocycles. The first kappa shape index (κ1) is 13.9. The quantitative estimate of drug-likeness (QED) is 0.875. The number of methoxy groups -OCH3 is 1. The predicted octanol–water partition coefficient (Wildman–Crippen LogP) is 2.59.